The van der Waals surface area contributed by atoms with Gasteiger partial charge in [-0.05, 0) is 177 Å². The van der Waals surface area contributed by atoms with Gasteiger partial charge in [0.2, 0.25) is 0 Å². The molecule has 2 saturated heterocycles. The molecular weight excluding hydrogens is 677 g/mol. The van der Waals surface area contributed by atoms with E-state index in [2.05, 4.69) is 61.6 Å². The van der Waals surface area contributed by atoms with Crippen molar-refractivity contribution in [2.24, 2.45) is 46.3 Å². The Morgan fingerprint density at radius 2 is 1.19 bits per heavy atom. The van der Waals surface area contributed by atoms with E-state index in [9.17, 15) is 15.0 Å². The lowest BCUT2D eigenvalue weighted by molar-refractivity contribution is -0.134. The molecule has 0 unspecified atom stereocenters. The zero-order valence-corrected chi connectivity index (χ0v) is 36.4. The molecule has 0 aromatic carbocycles. The van der Waals surface area contributed by atoms with Crippen molar-refractivity contribution in [3.8, 4) is 0 Å². The molecule has 6 fully saturated rings. The molecule has 7 heteroatoms. The van der Waals surface area contributed by atoms with Gasteiger partial charge in [0.1, 0.15) is 5.78 Å². The predicted molar refractivity (Wildman–Crippen MR) is 224 cm³/mol. The molecule has 6 aliphatic rings. The first-order chi connectivity index (χ1) is 23.2. The number of aliphatic hydroxyl groups is 2. The number of carbonyl (C=O) groups is 1. The lowest BCUT2D eigenvalue weighted by atomic mass is 9.60. The number of fused-ring (bicyclic) bond motifs is 2. The summed E-state index contributed by atoms with van der Waals surface area (Å²) in [7, 11) is -1.75. The van der Waals surface area contributed by atoms with Gasteiger partial charge >= 0.3 is 0 Å². The molecule has 4 aliphatic carbocycles. The van der Waals surface area contributed by atoms with Gasteiger partial charge in [-0.1, -0.05) is 55.9 Å². The Kier molecular flexibility index (Phi) is 14.3. The number of Topliss-reactive ketones (excluding diaryl/α,β-unsaturated/α-hetero) is 1. The van der Waals surface area contributed by atoms with Crippen LogP contribution in [0.1, 0.15) is 181 Å². The normalized spacial score (nSPS) is 41.9. The second kappa shape index (κ2) is 16.1. The summed E-state index contributed by atoms with van der Waals surface area (Å²) in [4.78, 5) is 12.3. The molecular formula is C46H88O6Si. The van der Waals surface area contributed by atoms with Crippen LogP contribution in [0.3, 0.4) is 0 Å². The van der Waals surface area contributed by atoms with Crippen molar-refractivity contribution in [3.05, 3.63) is 0 Å². The van der Waals surface area contributed by atoms with E-state index >= 15 is 0 Å². The van der Waals surface area contributed by atoms with Gasteiger partial charge in [0.05, 0.1) is 35.6 Å². The first kappa shape index (κ1) is 47.1. The summed E-state index contributed by atoms with van der Waals surface area (Å²) < 4.78 is 19.9. The molecule has 6 nitrogen and oxygen atoms in total. The third-order valence-corrected chi connectivity index (χ3v) is 20.4. The zero-order valence-electron chi connectivity index (χ0n) is 35.4. The van der Waals surface area contributed by atoms with Crippen molar-refractivity contribution >= 4 is 14.1 Å². The van der Waals surface area contributed by atoms with Crippen molar-refractivity contribution in [2.75, 3.05) is 13.2 Å². The van der Waals surface area contributed by atoms with E-state index in [1.165, 1.54) is 38.5 Å². The molecule has 0 amide bonds. The van der Waals surface area contributed by atoms with Crippen molar-refractivity contribution in [1.29, 1.82) is 0 Å². The molecule has 53 heavy (non-hydrogen) atoms. The van der Waals surface area contributed by atoms with Gasteiger partial charge in [0, 0.05) is 18.4 Å². The Hall–Kier alpha value is -0.313. The molecule has 11 atom stereocenters. The van der Waals surface area contributed by atoms with Crippen LogP contribution in [0.2, 0.25) is 18.1 Å². The third-order valence-electron chi connectivity index (χ3n) is 15.9. The number of hydrogen-bond donors (Lipinski definition) is 2. The Morgan fingerprint density at radius 1 is 0.717 bits per heavy atom. The van der Waals surface area contributed by atoms with Gasteiger partial charge in [-0.3, -0.25) is 4.79 Å². The number of rotatable bonds is 8. The van der Waals surface area contributed by atoms with E-state index < -0.39 is 19.5 Å². The topological polar surface area (TPSA) is 85.2 Å². The maximum atomic E-state index is 12.3. The molecule has 312 valence electrons. The highest BCUT2D eigenvalue weighted by atomic mass is 28.4. The van der Waals surface area contributed by atoms with E-state index in [-0.39, 0.29) is 42.4 Å². The Labute approximate surface area is 329 Å². The largest absolute Gasteiger partial charge is 0.414 e. The van der Waals surface area contributed by atoms with E-state index in [1.54, 1.807) is 0 Å². The van der Waals surface area contributed by atoms with Crippen LogP contribution in [-0.4, -0.2) is 66.0 Å². The SMILES string of the molecule is C.C.CC(C)(O)C[C@H]1CO[C@](C)([C@H]2CC[C@H]3C(=O)CCC[C@@]32C)C1.CC(C)(O)C[C@H]1CO[C@](C)([C@H]2CC[C@H]3[C@@H](O[Si](C)(C)C(C)(C)C)CCC[C@@]32C)C1. The zero-order chi connectivity index (χ0) is 38.1. The fourth-order valence-electron chi connectivity index (χ4n) is 12.9. The quantitative estimate of drug-likeness (QED) is 0.239. The second-order valence-electron chi connectivity index (χ2n) is 22.5. The number of hydrogen-bond acceptors (Lipinski definition) is 6. The molecule has 0 radical (unpaired) electrons. The average molecular weight is 765 g/mol. The monoisotopic (exact) mass is 765 g/mol. The van der Waals surface area contributed by atoms with Gasteiger partial charge in [-0.2, -0.15) is 0 Å². The Bertz CT molecular complexity index is 1230. The van der Waals surface area contributed by atoms with Crippen LogP contribution in [0.4, 0.5) is 0 Å². The van der Waals surface area contributed by atoms with Crippen molar-refractivity contribution in [3.63, 3.8) is 0 Å². The summed E-state index contributed by atoms with van der Waals surface area (Å²) in [6.07, 6.45) is 15.8. The van der Waals surface area contributed by atoms with Gasteiger partial charge < -0.3 is 24.1 Å². The molecule has 0 aromatic rings. The van der Waals surface area contributed by atoms with Crippen molar-refractivity contribution in [1.82, 2.24) is 0 Å². The summed E-state index contributed by atoms with van der Waals surface area (Å²) in [5.41, 5.74) is -0.927. The van der Waals surface area contributed by atoms with Gasteiger partial charge in [0.25, 0.3) is 0 Å². The molecule has 2 N–H and O–H groups in total. The standard InChI is InChI=1S/C25H48O3Si.C19H32O3.2CH4/c1-22(2,3)29(8,9)28-20-11-10-14-24(6)19(20)12-13-21(24)25(7)16-18(17-27-25)15-23(4,5)26;1-17(2,21)10-13-11-19(4,22-12-13)16-8-7-14-15(20)6-5-9-18(14,16)3;;/h18-21,26H,10-17H2,1-9H3;13-14,16,21H,5-12H2,1-4H3;2*1H4/t18-,19+,20+,21+,24+,25+;13-,14+,16+,18+,19+;;/m11../s1. The fraction of sp³-hybridized carbons (Fsp3) is 0.978. The van der Waals surface area contributed by atoms with Crippen LogP contribution < -0.4 is 0 Å². The predicted octanol–water partition coefficient (Wildman–Crippen LogP) is 11.5. The number of ketones is 1. The van der Waals surface area contributed by atoms with E-state index in [4.69, 9.17) is 13.9 Å². The van der Waals surface area contributed by atoms with Gasteiger partial charge in [0.15, 0.2) is 8.32 Å². The molecule has 2 heterocycles. The summed E-state index contributed by atoms with van der Waals surface area (Å²) in [5, 5.41) is 20.6. The molecule has 4 saturated carbocycles. The summed E-state index contributed by atoms with van der Waals surface area (Å²) in [5.74, 6) is 3.44. The first-order valence-electron chi connectivity index (χ1n) is 21.1. The van der Waals surface area contributed by atoms with Gasteiger partial charge in [-0.25, -0.2) is 0 Å². The van der Waals surface area contributed by atoms with Crippen LogP contribution in [0.25, 0.3) is 0 Å². The van der Waals surface area contributed by atoms with Crippen LogP contribution in [0, 0.1) is 46.3 Å². The minimum atomic E-state index is -1.75. The van der Waals surface area contributed by atoms with Crippen molar-refractivity contribution < 1.29 is 28.9 Å². The third kappa shape index (κ3) is 9.87. The maximum Gasteiger partial charge on any atom is 0.192 e. The summed E-state index contributed by atoms with van der Waals surface area (Å²) in [6, 6.07) is 0. The Morgan fingerprint density at radius 3 is 1.68 bits per heavy atom. The molecule has 0 bridgehead atoms. The smallest absolute Gasteiger partial charge is 0.192 e. The summed E-state index contributed by atoms with van der Waals surface area (Å²) >= 11 is 0. The Balaban J connectivity index is 0.000000284. The van der Waals surface area contributed by atoms with Crippen LogP contribution in [0.15, 0.2) is 0 Å². The van der Waals surface area contributed by atoms with E-state index in [1.807, 2.05) is 27.7 Å². The molecule has 2 aliphatic heterocycles. The lowest BCUT2D eigenvalue weighted by Crippen LogP contribution is -2.52. The van der Waals surface area contributed by atoms with Gasteiger partial charge in [-0.15, -0.1) is 0 Å². The van der Waals surface area contributed by atoms with Crippen LogP contribution in [0.5, 0.6) is 0 Å². The average Bonchev–Trinajstić information content (AvgIpc) is 3.71. The van der Waals surface area contributed by atoms with Crippen molar-refractivity contribution in [2.45, 2.75) is 228 Å². The highest BCUT2D eigenvalue weighted by Gasteiger charge is 2.61. The van der Waals surface area contributed by atoms with Crippen LogP contribution >= 0.6 is 0 Å². The van der Waals surface area contributed by atoms with E-state index in [0.717, 1.165) is 64.6 Å². The first-order valence-corrected chi connectivity index (χ1v) is 24.1. The number of ether oxygens (including phenoxy) is 2. The second-order valence-corrected chi connectivity index (χ2v) is 27.2. The highest BCUT2D eigenvalue weighted by molar-refractivity contribution is 6.74. The fourth-order valence-corrected chi connectivity index (χ4v) is 14.3. The minimum absolute atomic E-state index is 0. The summed E-state index contributed by atoms with van der Waals surface area (Å²) in [6.45, 7) is 30.6. The van der Waals surface area contributed by atoms with Crippen LogP contribution in [-0.2, 0) is 18.7 Å². The van der Waals surface area contributed by atoms with E-state index in [0.29, 0.717) is 46.9 Å². The number of carbonyl (C=O) groups excluding carboxylic acids is 1. The maximum absolute atomic E-state index is 12.3. The highest BCUT2D eigenvalue weighted by Crippen LogP contribution is 2.63. The lowest BCUT2D eigenvalue weighted by Gasteiger charge is -2.51. The molecule has 0 aromatic heterocycles. The molecule has 0 spiro atoms. The molecule has 6 rings (SSSR count). The minimum Gasteiger partial charge on any atom is -0.414 e.